The first-order chi connectivity index (χ1) is 8.99. The van der Waals surface area contributed by atoms with E-state index in [1.165, 1.54) is 10.4 Å². The van der Waals surface area contributed by atoms with Crippen molar-refractivity contribution >= 4 is 15.7 Å². The fraction of sp³-hybridized carbons (Fsp3) is 0.571. The Hall–Kier alpha value is -1.11. The number of aryl methyl sites for hydroxylation is 1. The Balaban J connectivity index is 3.28. The second kappa shape index (κ2) is 5.71. The second-order valence-electron chi connectivity index (χ2n) is 5.70. The van der Waals surface area contributed by atoms with Crippen LogP contribution in [0.15, 0.2) is 17.0 Å². The third-order valence-corrected chi connectivity index (χ3v) is 5.13. The van der Waals surface area contributed by atoms with Gasteiger partial charge >= 0.3 is 0 Å². The van der Waals surface area contributed by atoms with Crippen molar-refractivity contribution in [2.75, 3.05) is 18.8 Å². The van der Waals surface area contributed by atoms with Crippen LogP contribution >= 0.6 is 0 Å². The molecule has 0 unspecified atom stereocenters. The average Bonchev–Trinajstić information content (AvgIpc) is 2.30. The fourth-order valence-corrected chi connectivity index (χ4v) is 3.67. The van der Waals surface area contributed by atoms with Gasteiger partial charge in [-0.1, -0.05) is 6.92 Å². The highest BCUT2D eigenvalue weighted by Gasteiger charge is 2.28. The number of aliphatic hydroxyl groups is 1. The smallest absolute Gasteiger partial charge is 0.243 e. The molecule has 0 aliphatic rings. The Kier molecular flexibility index (Phi) is 4.84. The first-order valence-electron chi connectivity index (χ1n) is 6.58. The van der Waals surface area contributed by atoms with Gasteiger partial charge in [0.1, 0.15) is 0 Å². The monoisotopic (exact) mass is 300 g/mol. The maximum atomic E-state index is 12.6. The van der Waals surface area contributed by atoms with Crippen molar-refractivity contribution in [2.45, 2.75) is 45.1 Å². The maximum Gasteiger partial charge on any atom is 0.243 e. The summed E-state index contributed by atoms with van der Waals surface area (Å²) in [5.41, 5.74) is 6.95. The van der Waals surface area contributed by atoms with Crippen LogP contribution in [0.3, 0.4) is 0 Å². The lowest BCUT2D eigenvalue weighted by molar-refractivity contribution is 0.0601. The second-order valence-corrected chi connectivity index (χ2v) is 7.64. The third kappa shape index (κ3) is 3.71. The lowest BCUT2D eigenvalue weighted by Crippen LogP contribution is -2.42. The van der Waals surface area contributed by atoms with Crippen LogP contribution in [0.5, 0.6) is 0 Å². The number of sulfonamides is 1. The van der Waals surface area contributed by atoms with Crippen molar-refractivity contribution in [3.8, 4) is 0 Å². The molecule has 20 heavy (non-hydrogen) atoms. The fourth-order valence-electron chi connectivity index (χ4n) is 1.95. The van der Waals surface area contributed by atoms with Gasteiger partial charge in [-0.3, -0.25) is 0 Å². The van der Waals surface area contributed by atoms with Crippen molar-refractivity contribution in [3.05, 3.63) is 23.3 Å². The summed E-state index contributed by atoms with van der Waals surface area (Å²) in [6.07, 6.45) is 0. The van der Waals surface area contributed by atoms with Gasteiger partial charge in [0, 0.05) is 18.8 Å². The number of anilines is 1. The number of benzene rings is 1. The van der Waals surface area contributed by atoms with Crippen LogP contribution in [0.25, 0.3) is 0 Å². The minimum Gasteiger partial charge on any atom is -0.398 e. The summed E-state index contributed by atoms with van der Waals surface area (Å²) in [5.74, 6) is 0. The number of nitrogens with zero attached hydrogens (tertiary/aromatic N) is 1. The lowest BCUT2D eigenvalue weighted by Gasteiger charge is -2.27. The summed E-state index contributed by atoms with van der Waals surface area (Å²) in [7, 11) is -3.65. The van der Waals surface area contributed by atoms with Crippen molar-refractivity contribution in [1.82, 2.24) is 4.31 Å². The SMILES string of the molecule is CCN(CC(C)(C)O)S(=O)(=O)c1cc(C)c(C)c(N)c1. The zero-order valence-corrected chi connectivity index (χ0v) is 13.6. The van der Waals surface area contributed by atoms with Crippen molar-refractivity contribution < 1.29 is 13.5 Å². The predicted octanol–water partition coefficient (Wildman–Crippen LogP) is 1.67. The van der Waals surface area contributed by atoms with Gasteiger partial charge in [-0.25, -0.2) is 8.42 Å². The summed E-state index contributed by atoms with van der Waals surface area (Å²) < 4.78 is 26.5. The summed E-state index contributed by atoms with van der Waals surface area (Å²) in [4.78, 5) is 0.171. The van der Waals surface area contributed by atoms with Crippen LogP contribution in [0, 0.1) is 13.8 Å². The van der Waals surface area contributed by atoms with Gasteiger partial charge in [0.25, 0.3) is 0 Å². The van der Waals surface area contributed by atoms with Crippen LogP contribution in [0.4, 0.5) is 5.69 Å². The molecule has 1 aromatic carbocycles. The third-order valence-electron chi connectivity index (χ3n) is 3.23. The maximum absolute atomic E-state index is 12.6. The molecule has 1 aromatic rings. The van der Waals surface area contributed by atoms with E-state index in [-0.39, 0.29) is 11.4 Å². The molecule has 5 nitrogen and oxygen atoms in total. The average molecular weight is 300 g/mol. The van der Waals surface area contributed by atoms with Crippen molar-refractivity contribution in [3.63, 3.8) is 0 Å². The Morgan fingerprint density at radius 2 is 1.85 bits per heavy atom. The lowest BCUT2D eigenvalue weighted by atomic mass is 10.1. The Bertz CT molecular complexity index is 566. The molecular weight excluding hydrogens is 276 g/mol. The molecule has 0 amide bonds. The Morgan fingerprint density at radius 1 is 1.30 bits per heavy atom. The molecule has 0 bridgehead atoms. The summed E-state index contributed by atoms with van der Waals surface area (Å²) >= 11 is 0. The normalized spacial score (nSPS) is 12.9. The summed E-state index contributed by atoms with van der Waals surface area (Å²) in [6.45, 7) is 8.93. The highest BCUT2D eigenvalue weighted by Crippen LogP contribution is 2.25. The highest BCUT2D eigenvalue weighted by atomic mass is 32.2. The van der Waals surface area contributed by atoms with E-state index in [1.807, 2.05) is 13.8 Å². The van der Waals surface area contributed by atoms with E-state index in [2.05, 4.69) is 0 Å². The molecule has 0 fully saturated rings. The van der Waals surface area contributed by atoms with E-state index in [0.717, 1.165) is 11.1 Å². The van der Waals surface area contributed by atoms with Gasteiger partial charge < -0.3 is 10.8 Å². The molecule has 0 spiro atoms. The molecule has 0 saturated heterocycles. The van der Waals surface area contributed by atoms with Gasteiger partial charge in [0.05, 0.1) is 10.5 Å². The minimum atomic E-state index is -3.65. The molecule has 114 valence electrons. The predicted molar refractivity (Wildman–Crippen MR) is 81.1 cm³/mol. The minimum absolute atomic E-state index is 0.0403. The topological polar surface area (TPSA) is 83.6 Å². The molecule has 1 rings (SSSR count). The molecular formula is C14H24N2O3S. The number of nitrogens with two attached hydrogens (primary N) is 1. The van der Waals surface area contributed by atoms with Crippen LogP contribution in [0.1, 0.15) is 31.9 Å². The van der Waals surface area contributed by atoms with E-state index in [4.69, 9.17) is 5.73 Å². The van der Waals surface area contributed by atoms with Gasteiger partial charge in [0.15, 0.2) is 0 Å². The number of hydrogen-bond acceptors (Lipinski definition) is 4. The molecule has 0 heterocycles. The van der Waals surface area contributed by atoms with E-state index in [0.29, 0.717) is 12.2 Å². The van der Waals surface area contributed by atoms with E-state index in [1.54, 1.807) is 26.8 Å². The quantitative estimate of drug-likeness (QED) is 0.810. The first-order valence-corrected chi connectivity index (χ1v) is 8.02. The van der Waals surface area contributed by atoms with Gasteiger partial charge in [-0.15, -0.1) is 0 Å². The van der Waals surface area contributed by atoms with E-state index >= 15 is 0 Å². The van der Waals surface area contributed by atoms with Crippen LogP contribution in [-0.2, 0) is 10.0 Å². The Labute approximate surface area is 121 Å². The van der Waals surface area contributed by atoms with Crippen LogP contribution in [-0.4, -0.2) is 36.5 Å². The van der Waals surface area contributed by atoms with Crippen LogP contribution in [0.2, 0.25) is 0 Å². The molecule has 0 aliphatic heterocycles. The molecule has 0 aliphatic carbocycles. The van der Waals surface area contributed by atoms with Gasteiger partial charge in [0.2, 0.25) is 10.0 Å². The van der Waals surface area contributed by atoms with Crippen molar-refractivity contribution in [2.24, 2.45) is 0 Å². The molecule has 6 heteroatoms. The van der Waals surface area contributed by atoms with E-state index in [9.17, 15) is 13.5 Å². The number of likely N-dealkylation sites (N-methyl/N-ethyl adjacent to an activating group) is 1. The van der Waals surface area contributed by atoms with Gasteiger partial charge in [-0.2, -0.15) is 4.31 Å². The number of nitrogen functional groups attached to an aromatic ring is 1. The highest BCUT2D eigenvalue weighted by molar-refractivity contribution is 7.89. The zero-order valence-electron chi connectivity index (χ0n) is 12.8. The van der Waals surface area contributed by atoms with Crippen molar-refractivity contribution in [1.29, 1.82) is 0 Å². The molecule has 0 atom stereocenters. The summed E-state index contributed by atoms with van der Waals surface area (Å²) in [6, 6.07) is 3.10. The number of rotatable bonds is 5. The zero-order chi connectivity index (χ0) is 15.7. The van der Waals surface area contributed by atoms with Crippen LogP contribution < -0.4 is 5.73 Å². The van der Waals surface area contributed by atoms with Gasteiger partial charge in [-0.05, 0) is 51.0 Å². The molecule has 0 aromatic heterocycles. The standard InChI is InChI=1S/C14H24N2O3S/c1-6-16(9-14(4,5)17)20(18,19)12-7-10(2)11(3)13(15)8-12/h7-8,17H,6,9,15H2,1-5H3. The summed E-state index contributed by atoms with van der Waals surface area (Å²) in [5, 5.41) is 9.85. The number of hydrogen-bond donors (Lipinski definition) is 2. The van der Waals surface area contributed by atoms with E-state index < -0.39 is 15.6 Å². The molecule has 3 N–H and O–H groups in total. The molecule has 0 saturated carbocycles. The first kappa shape index (κ1) is 16.9. The molecule has 0 radical (unpaired) electrons. The Morgan fingerprint density at radius 3 is 2.25 bits per heavy atom. The largest absolute Gasteiger partial charge is 0.398 e.